The van der Waals surface area contributed by atoms with Crippen molar-refractivity contribution in [2.75, 3.05) is 9.80 Å². The van der Waals surface area contributed by atoms with Crippen molar-refractivity contribution in [3.63, 3.8) is 0 Å². The van der Waals surface area contributed by atoms with Crippen LogP contribution in [0.1, 0.15) is 93.9 Å². The average molecular weight is 1120 g/mol. The summed E-state index contributed by atoms with van der Waals surface area (Å²) in [5, 5.41) is -0.457. The molecule has 0 bridgehead atoms. The number of benzene rings is 10. The fraction of sp³-hybridized carbons (Fsp3) is 0.175. The predicted molar refractivity (Wildman–Crippen MR) is 361 cm³/mol. The molecule has 4 heterocycles. The van der Waals surface area contributed by atoms with Crippen LogP contribution in [0.3, 0.4) is 0 Å². The second kappa shape index (κ2) is 20.2. The first-order valence-corrected chi connectivity index (χ1v) is 29.5. The highest BCUT2D eigenvalue weighted by atomic mass is 15.2. The second-order valence-corrected chi connectivity index (χ2v) is 23.1. The molecule has 0 fully saturated rings. The molecule has 0 saturated carbocycles. The lowest BCUT2D eigenvalue weighted by Gasteiger charge is -2.52. The molecular formula is C80H67BN4. The number of allylic oxidation sites excluding steroid dienone is 4. The monoisotopic (exact) mass is 1120 g/mol. The Labute approximate surface area is 530 Å². The number of aromatic nitrogens is 2. The summed E-state index contributed by atoms with van der Waals surface area (Å²) in [6.07, 6.45) is 14.2. The van der Waals surface area contributed by atoms with E-state index in [9.17, 15) is 15.1 Å². The van der Waals surface area contributed by atoms with Crippen molar-refractivity contribution in [3.05, 3.63) is 265 Å². The van der Waals surface area contributed by atoms with E-state index < -0.39 is 135 Å². The van der Waals surface area contributed by atoms with Crippen LogP contribution in [-0.2, 0) is 0 Å². The van der Waals surface area contributed by atoms with Crippen LogP contribution in [-0.4, -0.2) is 21.9 Å². The lowest BCUT2D eigenvalue weighted by atomic mass is 9.33. The second-order valence-electron chi connectivity index (χ2n) is 23.1. The summed E-state index contributed by atoms with van der Waals surface area (Å²) in [6.45, 7) is -5.85. The lowest BCUT2D eigenvalue weighted by Crippen LogP contribution is -2.63. The molecular weight excluding hydrogens is 1030 g/mol. The van der Waals surface area contributed by atoms with Crippen LogP contribution in [0.4, 0.5) is 28.4 Å². The van der Waals surface area contributed by atoms with Crippen LogP contribution < -0.4 is 26.2 Å². The predicted octanol–water partition coefficient (Wildman–Crippen LogP) is 19.1. The van der Waals surface area contributed by atoms with Crippen molar-refractivity contribution >= 4 is 95.1 Å². The Balaban J connectivity index is 1.05. The Hall–Kier alpha value is -9.32. The fourth-order valence-corrected chi connectivity index (χ4v) is 15.1. The van der Waals surface area contributed by atoms with Gasteiger partial charge in [-0.2, -0.15) is 0 Å². The Morgan fingerprint density at radius 2 is 1.12 bits per heavy atom. The maximum atomic E-state index is 9.71. The highest BCUT2D eigenvalue weighted by Gasteiger charge is 2.49. The van der Waals surface area contributed by atoms with Crippen LogP contribution in [0.25, 0.3) is 77.2 Å². The van der Waals surface area contributed by atoms with Crippen molar-refractivity contribution in [1.29, 1.82) is 0 Å². The smallest absolute Gasteiger partial charge is 0.252 e. The Morgan fingerprint density at radius 1 is 0.541 bits per heavy atom. The van der Waals surface area contributed by atoms with Crippen LogP contribution in [0.2, 0.25) is 0 Å². The lowest BCUT2D eigenvalue weighted by molar-refractivity contribution is 0.355. The first kappa shape index (κ1) is 32.7. The van der Waals surface area contributed by atoms with Gasteiger partial charge in [0.1, 0.15) is 0 Å². The largest absolute Gasteiger partial charge is 0.334 e. The standard InChI is InChI=1S/C80H67BN4/c1-52-46-64(54-24-7-3-8-25-54)79(65(47-52)55-26-9-4-10-27-55)84-74-40-23-41-75-78(74)81(68-44-42-58(50-76(68)84)82-70-36-19-15-32-60(70)61-33-16-20-37-71(61)82)69-45-43-59(83-72-38-21-17-34-62(72)63-35-18-22-39-73(63)83)51-77(69)85(75)80-66(56-28-11-5-12-29-56)48-53(2)49-67(80)57-30-13-6-14-31-57/h3-5,7-11,15-27,30,32-48,50-51,53,56,67,80H,6,12-14,28-29,31,49H2,1-2H3/i1D3,2D3,15D,16D,17D,18D,19D,20D,21D,22D,32D,33D,34D,35D,36D,37D,38D,39D. The normalized spacial score (nSPS) is 23.0. The number of para-hydroxylation sites is 4. The van der Waals surface area contributed by atoms with Crippen molar-refractivity contribution in [2.45, 2.75) is 71.1 Å². The van der Waals surface area contributed by atoms with Gasteiger partial charge in [-0.3, -0.25) is 0 Å². The van der Waals surface area contributed by atoms with Crippen LogP contribution >= 0.6 is 0 Å². The van der Waals surface area contributed by atoms with Crippen LogP contribution in [0.15, 0.2) is 260 Å². The number of hydrogen-bond acceptors (Lipinski definition) is 2. The average Bonchev–Trinajstić information content (AvgIpc) is 1.20. The van der Waals surface area contributed by atoms with Gasteiger partial charge in [0.25, 0.3) is 6.71 Å². The van der Waals surface area contributed by atoms with E-state index in [1.54, 1.807) is 24.3 Å². The summed E-state index contributed by atoms with van der Waals surface area (Å²) in [5.41, 5.74) is 9.48. The van der Waals surface area contributed by atoms with E-state index in [2.05, 4.69) is 34.1 Å². The van der Waals surface area contributed by atoms with E-state index in [1.807, 2.05) is 103 Å². The maximum Gasteiger partial charge on any atom is 0.252 e. The quantitative estimate of drug-likeness (QED) is 0.111. The van der Waals surface area contributed by atoms with Crippen molar-refractivity contribution in [1.82, 2.24) is 9.13 Å². The summed E-state index contributed by atoms with van der Waals surface area (Å²) < 4.78 is 207. The molecule has 4 unspecified atom stereocenters. The molecule has 4 atom stereocenters. The minimum atomic E-state index is -2.64. The van der Waals surface area contributed by atoms with Gasteiger partial charge < -0.3 is 18.9 Å². The summed E-state index contributed by atoms with van der Waals surface area (Å²) in [4.78, 5) is 4.43. The summed E-state index contributed by atoms with van der Waals surface area (Å²) in [5.74, 6) is -1.41. The third-order valence-corrected chi connectivity index (χ3v) is 18.5. The van der Waals surface area contributed by atoms with E-state index in [0.717, 1.165) is 42.3 Å². The molecule has 410 valence electrons. The molecule has 0 radical (unpaired) electrons. The fourth-order valence-electron chi connectivity index (χ4n) is 15.1. The Bertz CT molecular complexity index is 5740. The molecule has 0 N–H and O–H groups in total. The van der Waals surface area contributed by atoms with E-state index in [1.165, 1.54) is 9.13 Å². The number of nitrogens with zero attached hydrogens (tertiary/aromatic N) is 4. The molecule has 17 rings (SSSR count). The Kier molecular flexibility index (Phi) is 7.76. The topological polar surface area (TPSA) is 16.3 Å². The summed E-state index contributed by atoms with van der Waals surface area (Å²) in [7, 11) is 0. The molecule has 0 saturated heterocycles. The molecule has 10 aromatic carbocycles. The van der Waals surface area contributed by atoms with Crippen molar-refractivity contribution in [3.8, 4) is 33.6 Å². The third-order valence-electron chi connectivity index (χ3n) is 18.5. The summed E-state index contributed by atoms with van der Waals surface area (Å²) in [6, 6.07) is 30.0. The minimum absolute atomic E-state index is 0.0457. The van der Waals surface area contributed by atoms with Gasteiger partial charge in [0.15, 0.2) is 0 Å². The molecule has 85 heavy (non-hydrogen) atoms. The third kappa shape index (κ3) is 7.96. The minimum Gasteiger partial charge on any atom is -0.334 e. The van der Waals surface area contributed by atoms with Gasteiger partial charge in [-0.05, 0) is 181 Å². The first-order chi connectivity index (χ1) is 51.1. The van der Waals surface area contributed by atoms with Crippen molar-refractivity contribution in [2.24, 2.45) is 17.8 Å². The van der Waals surface area contributed by atoms with Crippen LogP contribution in [0.5, 0.6) is 0 Å². The molecule has 0 amide bonds. The van der Waals surface area contributed by atoms with E-state index in [0.29, 0.717) is 80.9 Å². The van der Waals surface area contributed by atoms with Gasteiger partial charge in [-0.15, -0.1) is 0 Å². The maximum absolute atomic E-state index is 9.71. The molecule has 0 spiro atoms. The van der Waals surface area contributed by atoms with E-state index in [-0.39, 0.29) is 72.9 Å². The molecule has 12 aromatic rings. The summed E-state index contributed by atoms with van der Waals surface area (Å²) >= 11 is 0. The van der Waals surface area contributed by atoms with Gasteiger partial charge >= 0.3 is 0 Å². The highest BCUT2D eigenvalue weighted by molar-refractivity contribution is 7.00. The van der Waals surface area contributed by atoms with Gasteiger partial charge in [-0.1, -0.05) is 188 Å². The molecule has 5 heteroatoms. The SMILES string of the molecule is [2H]c1c([2H])c([2H])c2c(c1[2H])c1c([2H])c([2H])c([2H])c([2H])c1n2-c1ccc2c(c1)N(c1c(-c3ccccc3)cc(C([2H])([2H])[2H])cc1-c1ccccc1)c1cccc3c1B2c1ccc(-n2c4c([2H])c([2H])c([2H])c([2H])c4c4c([2H])c([2H])c([2H])c([2H])c42)cc1N3C1C(C2CC=CCC2)=CC(C([2H])([2H])[2H])CC1C1=CCCCC1. The number of hydrogen-bond donors (Lipinski definition) is 0. The molecule has 2 aromatic heterocycles. The molecule has 4 nitrogen and oxygen atoms in total. The Morgan fingerprint density at radius 3 is 1.67 bits per heavy atom. The zero-order valence-corrected chi connectivity index (χ0v) is 46.3. The van der Waals surface area contributed by atoms with Crippen LogP contribution in [0, 0.1) is 24.6 Å². The number of aryl methyl sites for hydroxylation is 1. The van der Waals surface area contributed by atoms with Gasteiger partial charge in [-0.25, -0.2) is 0 Å². The molecule has 5 aliphatic rings. The van der Waals surface area contributed by atoms with Gasteiger partial charge in [0, 0.05) is 80.9 Å². The zero-order chi connectivity index (χ0) is 75.2. The number of fused-ring (bicyclic) bond motifs is 10. The molecule has 2 aliphatic heterocycles. The molecule has 3 aliphatic carbocycles. The van der Waals surface area contributed by atoms with E-state index >= 15 is 0 Å². The van der Waals surface area contributed by atoms with Gasteiger partial charge in [0.05, 0.1) is 55.7 Å². The van der Waals surface area contributed by atoms with Gasteiger partial charge in [0.2, 0.25) is 0 Å². The van der Waals surface area contributed by atoms with E-state index in [4.69, 9.17) is 15.1 Å². The zero-order valence-electron chi connectivity index (χ0n) is 68.3. The number of anilines is 5. The highest BCUT2D eigenvalue weighted by Crippen LogP contribution is 2.53. The first-order valence-electron chi connectivity index (χ1n) is 40.5. The van der Waals surface area contributed by atoms with Crippen molar-refractivity contribution < 1.29 is 30.2 Å². The number of rotatable bonds is 8.